The highest BCUT2D eigenvalue weighted by molar-refractivity contribution is 5.13. The monoisotopic (exact) mass is 278 g/mol. The number of hydrogen-bond acceptors (Lipinski definition) is 2. The van der Waals surface area contributed by atoms with Crippen LogP contribution in [0.3, 0.4) is 0 Å². The molecule has 2 saturated carbocycles. The Labute approximate surface area is 125 Å². The van der Waals surface area contributed by atoms with Gasteiger partial charge in [0.25, 0.3) is 0 Å². The Kier molecular flexibility index (Phi) is 3.70. The van der Waals surface area contributed by atoms with Gasteiger partial charge in [-0.3, -0.25) is 4.90 Å². The zero-order valence-electron chi connectivity index (χ0n) is 14.2. The number of hydrogen-bond donors (Lipinski definition) is 1. The van der Waals surface area contributed by atoms with Gasteiger partial charge in [-0.1, -0.05) is 41.0 Å². The van der Waals surface area contributed by atoms with Crippen molar-refractivity contribution in [3.63, 3.8) is 0 Å². The van der Waals surface area contributed by atoms with Crippen molar-refractivity contribution in [3.05, 3.63) is 0 Å². The summed E-state index contributed by atoms with van der Waals surface area (Å²) in [6, 6.07) is 1.51. The van der Waals surface area contributed by atoms with Crippen molar-refractivity contribution in [3.8, 4) is 0 Å². The Bertz CT molecular complexity index is 360. The molecule has 5 unspecified atom stereocenters. The molecule has 116 valence electrons. The van der Waals surface area contributed by atoms with Crippen LogP contribution >= 0.6 is 0 Å². The normalized spacial score (nSPS) is 45.8. The molecule has 2 aliphatic carbocycles. The summed E-state index contributed by atoms with van der Waals surface area (Å²) in [5.41, 5.74) is 1.11. The van der Waals surface area contributed by atoms with E-state index in [0.717, 1.165) is 17.9 Å². The van der Waals surface area contributed by atoms with E-state index in [0.29, 0.717) is 16.9 Å². The Morgan fingerprint density at radius 1 is 1.30 bits per heavy atom. The lowest BCUT2D eigenvalue weighted by atomic mass is 9.67. The standard InChI is InChI=1S/C18H34N2/c1-6-13(2)15-12-20(10-9-19-15)16-17(3,4)14-7-8-18(16,5)11-14/h13-16,19H,6-12H2,1-5H3. The predicted molar refractivity (Wildman–Crippen MR) is 85.8 cm³/mol. The molecule has 1 saturated heterocycles. The van der Waals surface area contributed by atoms with Crippen LogP contribution in [0.4, 0.5) is 0 Å². The van der Waals surface area contributed by atoms with Gasteiger partial charge in [0.05, 0.1) is 0 Å². The number of piperazine rings is 1. The van der Waals surface area contributed by atoms with Gasteiger partial charge < -0.3 is 5.32 Å². The average Bonchev–Trinajstić information content (AvgIpc) is 2.89. The fourth-order valence-electron chi connectivity index (χ4n) is 5.89. The van der Waals surface area contributed by atoms with Crippen LogP contribution in [0.25, 0.3) is 0 Å². The summed E-state index contributed by atoms with van der Waals surface area (Å²) < 4.78 is 0. The number of fused-ring (bicyclic) bond motifs is 2. The van der Waals surface area contributed by atoms with Gasteiger partial charge in [-0.25, -0.2) is 0 Å². The van der Waals surface area contributed by atoms with E-state index in [-0.39, 0.29) is 0 Å². The van der Waals surface area contributed by atoms with E-state index in [1.807, 2.05) is 0 Å². The van der Waals surface area contributed by atoms with Gasteiger partial charge in [0.2, 0.25) is 0 Å². The maximum absolute atomic E-state index is 3.77. The van der Waals surface area contributed by atoms with Gasteiger partial charge in [0, 0.05) is 31.7 Å². The molecule has 1 N–H and O–H groups in total. The molecular weight excluding hydrogens is 244 g/mol. The first-order valence-electron chi connectivity index (χ1n) is 8.86. The van der Waals surface area contributed by atoms with Crippen molar-refractivity contribution in [2.24, 2.45) is 22.7 Å². The second-order valence-electron chi connectivity index (χ2n) is 8.76. The first-order chi connectivity index (χ1) is 9.38. The fourth-order valence-corrected chi connectivity index (χ4v) is 5.89. The third kappa shape index (κ3) is 2.14. The van der Waals surface area contributed by atoms with E-state index in [4.69, 9.17) is 0 Å². The minimum atomic E-state index is 0.518. The van der Waals surface area contributed by atoms with Gasteiger partial charge in [0.1, 0.15) is 0 Å². The Morgan fingerprint density at radius 2 is 2.05 bits per heavy atom. The molecule has 0 aromatic heterocycles. The van der Waals surface area contributed by atoms with Crippen molar-refractivity contribution < 1.29 is 0 Å². The molecule has 2 heteroatoms. The second kappa shape index (κ2) is 4.98. The number of nitrogens with one attached hydrogen (secondary N) is 1. The maximum Gasteiger partial charge on any atom is 0.0221 e. The minimum absolute atomic E-state index is 0.518. The molecule has 1 aliphatic heterocycles. The van der Waals surface area contributed by atoms with Crippen molar-refractivity contribution >= 4 is 0 Å². The lowest BCUT2D eigenvalue weighted by Gasteiger charge is -2.52. The van der Waals surface area contributed by atoms with Crippen LogP contribution in [0.15, 0.2) is 0 Å². The topological polar surface area (TPSA) is 15.3 Å². The fraction of sp³-hybridized carbons (Fsp3) is 1.00. The smallest absolute Gasteiger partial charge is 0.0221 e. The summed E-state index contributed by atoms with van der Waals surface area (Å²) in [7, 11) is 0. The first-order valence-corrected chi connectivity index (χ1v) is 8.86. The van der Waals surface area contributed by atoms with Crippen molar-refractivity contribution in [1.82, 2.24) is 10.2 Å². The van der Waals surface area contributed by atoms with E-state index in [2.05, 4.69) is 44.8 Å². The van der Waals surface area contributed by atoms with E-state index in [1.165, 1.54) is 45.3 Å². The quantitative estimate of drug-likeness (QED) is 0.850. The van der Waals surface area contributed by atoms with E-state index in [1.54, 1.807) is 0 Å². The minimum Gasteiger partial charge on any atom is -0.311 e. The zero-order chi connectivity index (χ0) is 14.5. The molecule has 0 radical (unpaired) electrons. The van der Waals surface area contributed by atoms with E-state index < -0.39 is 0 Å². The Hall–Kier alpha value is -0.0800. The van der Waals surface area contributed by atoms with Crippen LogP contribution < -0.4 is 5.32 Å². The second-order valence-corrected chi connectivity index (χ2v) is 8.76. The summed E-state index contributed by atoms with van der Waals surface area (Å²) in [5, 5.41) is 3.77. The Balaban J connectivity index is 1.78. The van der Waals surface area contributed by atoms with Crippen LogP contribution in [0.1, 0.15) is 60.3 Å². The first kappa shape index (κ1) is 14.8. The van der Waals surface area contributed by atoms with Gasteiger partial charge in [-0.15, -0.1) is 0 Å². The molecule has 2 nitrogen and oxygen atoms in total. The molecule has 2 bridgehead atoms. The van der Waals surface area contributed by atoms with Gasteiger partial charge in [0.15, 0.2) is 0 Å². The number of nitrogens with zero attached hydrogens (tertiary/aromatic N) is 1. The summed E-state index contributed by atoms with van der Waals surface area (Å²) in [6.45, 7) is 16.1. The zero-order valence-corrected chi connectivity index (χ0v) is 14.2. The highest BCUT2D eigenvalue weighted by Crippen LogP contribution is 2.64. The van der Waals surface area contributed by atoms with Crippen LogP contribution in [0.5, 0.6) is 0 Å². The van der Waals surface area contributed by atoms with Crippen molar-refractivity contribution in [2.75, 3.05) is 19.6 Å². The van der Waals surface area contributed by atoms with Crippen molar-refractivity contribution in [2.45, 2.75) is 72.4 Å². The largest absolute Gasteiger partial charge is 0.311 e. The van der Waals surface area contributed by atoms with Gasteiger partial charge >= 0.3 is 0 Å². The summed E-state index contributed by atoms with van der Waals surface area (Å²) in [5.74, 6) is 1.77. The third-order valence-corrected chi connectivity index (χ3v) is 7.13. The van der Waals surface area contributed by atoms with E-state index >= 15 is 0 Å². The average molecular weight is 278 g/mol. The lowest BCUT2D eigenvalue weighted by Crippen LogP contribution is -2.61. The molecule has 0 spiro atoms. The SMILES string of the molecule is CCC(C)C1CN(C2C3(C)CCC(C3)C2(C)C)CCN1. The molecule has 1 heterocycles. The van der Waals surface area contributed by atoms with Crippen LogP contribution in [0, 0.1) is 22.7 Å². The van der Waals surface area contributed by atoms with Crippen LogP contribution in [0.2, 0.25) is 0 Å². The lowest BCUT2D eigenvalue weighted by molar-refractivity contribution is -0.0160. The summed E-state index contributed by atoms with van der Waals surface area (Å²) in [4.78, 5) is 2.87. The molecule has 3 rings (SSSR count). The predicted octanol–water partition coefficient (Wildman–Crippen LogP) is 3.52. The highest BCUT2D eigenvalue weighted by atomic mass is 15.2. The van der Waals surface area contributed by atoms with Crippen LogP contribution in [-0.2, 0) is 0 Å². The van der Waals surface area contributed by atoms with E-state index in [9.17, 15) is 0 Å². The Morgan fingerprint density at radius 3 is 2.65 bits per heavy atom. The molecule has 5 atom stereocenters. The maximum atomic E-state index is 3.77. The summed E-state index contributed by atoms with van der Waals surface area (Å²) >= 11 is 0. The summed E-state index contributed by atoms with van der Waals surface area (Å²) in [6.07, 6.45) is 5.70. The highest BCUT2D eigenvalue weighted by Gasteiger charge is 2.61. The molecule has 3 fully saturated rings. The molecule has 20 heavy (non-hydrogen) atoms. The number of rotatable bonds is 3. The molecule has 0 aromatic rings. The van der Waals surface area contributed by atoms with Gasteiger partial charge in [-0.2, -0.15) is 0 Å². The molecule has 0 amide bonds. The third-order valence-electron chi connectivity index (χ3n) is 7.13. The molecule has 3 aliphatic rings. The molecular formula is C18H34N2. The van der Waals surface area contributed by atoms with Crippen molar-refractivity contribution in [1.29, 1.82) is 0 Å². The van der Waals surface area contributed by atoms with Gasteiger partial charge in [-0.05, 0) is 41.9 Å². The van der Waals surface area contributed by atoms with Crippen LogP contribution in [-0.4, -0.2) is 36.6 Å². The molecule has 0 aromatic carbocycles.